The zero-order valence-corrected chi connectivity index (χ0v) is 19.1. The van der Waals surface area contributed by atoms with Gasteiger partial charge in [0.1, 0.15) is 6.10 Å². The summed E-state index contributed by atoms with van der Waals surface area (Å²) < 4.78 is 46.2. The van der Waals surface area contributed by atoms with Crippen LogP contribution in [0.3, 0.4) is 0 Å². The number of ether oxygens (including phenoxy) is 1. The third-order valence-electron chi connectivity index (χ3n) is 5.89. The lowest BCUT2D eigenvalue weighted by Gasteiger charge is -2.27. The number of alkyl halides is 3. The highest BCUT2D eigenvalue weighted by atomic mass is 35.5. The molecule has 1 saturated heterocycles. The average molecular weight is 493 g/mol. The minimum absolute atomic E-state index is 0.0416. The third kappa shape index (κ3) is 5.27. The van der Waals surface area contributed by atoms with Crippen LogP contribution in [0.25, 0.3) is 11.1 Å². The Kier molecular flexibility index (Phi) is 6.97. The van der Waals surface area contributed by atoms with E-state index in [9.17, 15) is 18.3 Å². The van der Waals surface area contributed by atoms with Crippen LogP contribution in [0.2, 0.25) is 5.02 Å². The van der Waals surface area contributed by atoms with Gasteiger partial charge >= 0.3 is 6.18 Å². The predicted octanol–water partition coefficient (Wildman–Crippen LogP) is 4.98. The summed E-state index contributed by atoms with van der Waals surface area (Å²) in [5, 5.41) is 13.5. The first-order chi connectivity index (χ1) is 16.1. The van der Waals surface area contributed by atoms with Gasteiger partial charge in [0.25, 0.3) is 0 Å². The maximum Gasteiger partial charge on any atom is 0.416 e. The molecule has 0 saturated carbocycles. The van der Waals surface area contributed by atoms with Crippen LogP contribution < -0.4 is 15.8 Å². The number of nitrogens with two attached hydrogens (primary N) is 1. The molecule has 0 bridgehead atoms. The topological polar surface area (TPSA) is 93.3 Å². The summed E-state index contributed by atoms with van der Waals surface area (Å²) in [6.07, 6.45) is -2.04. The van der Waals surface area contributed by atoms with Gasteiger partial charge < -0.3 is 20.9 Å². The van der Waals surface area contributed by atoms with E-state index in [1.807, 2.05) is 12.1 Å². The smallest absolute Gasteiger partial charge is 0.416 e. The molecule has 0 aliphatic carbocycles. The van der Waals surface area contributed by atoms with E-state index in [2.05, 4.69) is 15.3 Å². The lowest BCUT2D eigenvalue weighted by Crippen LogP contribution is -2.39. The number of aromatic nitrogens is 2. The van der Waals surface area contributed by atoms with E-state index < -0.39 is 23.9 Å². The van der Waals surface area contributed by atoms with Gasteiger partial charge in [-0.05, 0) is 50.2 Å². The first-order valence-corrected chi connectivity index (χ1v) is 11.1. The number of β-amino-alcohol motifs (C(OH)–C–C–N with tert-alkyl or cyclic N) is 1. The largest absolute Gasteiger partial charge is 0.482 e. The minimum Gasteiger partial charge on any atom is -0.482 e. The summed E-state index contributed by atoms with van der Waals surface area (Å²) >= 11 is 5.94. The second kappa shape index (κ2) is 9.77. The Bertz CT molecular complexity index is 1160. The molecule has 4 N–H and O–H groups in total. The Labute approximate surface area is 199 Å². The lowest BCUT2D eigenvalue weighted by atomic mass is 9.91. The monoisotopic (exact) mass is 492 g/mol. The van der Waals surface area contributed by atoms with E-state index in [1.165, 1.54) is 19.1 Å². The molecule has 180 valence electrons. The normalized spacial score (nSPS) is 19.6. The van der Waals surface area contributed by atoms with Crippen molar-refractivity contribution in [1.82, 2.24) is 15.3 Å². The number of anilines is 1. The maximum atomic E-state index is 13.5. The molecule has 1 aromatic carbocycles. The Balaban J connectivity index is 1.58. The Hall–Kier alpha value is -2.88. The summed E-state index contributed by atoms with van der Waals surface area (Å²) in [4.78, 5) is 8.65. The molecular formula is C24H24ClF3N4O2. The van der Waals surface area contributed by atoms with Crippen LogP contribution in [-0.2, 0) is 6.18 Å². The molecule has 1 aliphatic heterocycles. The lowest BCUT2D eigenvalue weighted by molar-refractivity contribution is -0.138. The van der Waals surface area contributed by atoms with Gasteiger partial charge in [0, 0.05) is 52.3 Å². The number of hydrogen-bond donors (Lipinski definition) is 3. The highest BCUT2D eigenvalue weighted by Gasteiger charge is 2.35. The van der Waals surface area contributed by atoms with Crippen molar-refractivity contribution in [2.75, 3.05) is 18.8 Å². The second-order valence-corrected chi connectivity index (χ2v) is 8.67. The number of pyridine rings is 2. The number of nitrogens with one attached hydrogen (secondary N) is 1. The molecule has 4 rings (SSSR count). The first-order valence-electron chi connectivity index (χ1n) is 10.8. The molecule has 34 heavy (non-hydrogen) atoms. The van der Waals surface area contributed by atoms with E-state index in [4.69, 9.17) is 22.1 Å². The van der Waals surface area contributed by atoms with Crippen molar-refractivity contribution < 1.29 is 23.0 Å². The van der Waals surface area contributed by atoms with Crippen molar-refractivity contribution in [2.24, 2.45) is 0 Å². The fourth-order valence-electron chi connectivity index (χ4n) is 4.07. The van der Waals surface area contributed by atoms with E-state index in [-0.39, 0.29) is 28.1 Å². The summed E-state index contributed by atoms with van der Waals surface area (Å²) in [5.41, 5.74) is 7.20. The molecular weight excluding hydrogens is 469 g/mol. The van der Waals surface area contributed by atoms with Crippen molar-refractivity contribution in [3.63, 3.8) is 0 Å². The van der Waals surface area contributed by atoms with Gasteiger partial charge in [-0.2, -0.15) is 13.2 Å². The van der Waals surface area contributed by atoms with Crippen LogP contribution in [0.1, 0.15) is 42.2 Å². The quantitative estimate of drug-likeness (QED) is 0.465. The van der Waals surface area contributed by atoms with Gasteiger partial charge in [-0.25, -0.2) is 4.98 Å². The molecule has 6 nitrogen and oxygen atoms in total. The van der Waals surface area contributed by atoms with E-state index >= 15 is 0 Å². The molecule has 0 amide bonds. The number of rotatable bonds is 5. The number of aliphatic hydroxyl groups excluding tert-OH is 1. The molecule has 0 radical (unpaired) electrons. The Morgan fingerprint density at radius 2 is 1.91 bits per heavy atom. The molecule has 2 aromatic heterocycles. The highest BCUT2D eigenvalue weighted by Crippen LogP contribution is 2.38. The number of halogens is 4. The van der Waals surface area contributed by atoms with Gasteiger partial charge in [-0.3, -0.25) is 4.98 Å². The summed E-state index contributed by atoms with van der Waals surface area (Å²) in [5.74, 6) is 0.157. The van der Waals surface area contributed by atoms with Crippen LogP contribution in [0.15, 0.2) is 48.8 Å². The Morgan fingerprint density at radius 1 is 1.15 bits per heavy atom. The van der Waals surface area contributed by atoms with E-state index in [1.54, 1.807) is 18.5 Å². The number of benzene rings is 1. The van der Waals surface area contributed by atoms with Gasteiger partial charge in [0.05, 0.1) is 11.7 Å². The number of hydrogen-bond acceptors (Lipinski definition) is 6. The molecule has 3 unspecified atom stereocenters. The first kappa shape index (κ1) is 24.3. The van der Waals surface area contributed by atoms with Gasteiger partial charge in [-0.15, -0.1) is 0 Å². The summed E-state index contributed by atoms with van der Waals surface area (Å²) in [6, 6.07) is 8.69. The maximum absolute atomic E-state index is 13.5. The SMILES string of the molecule is CC(Oc1cc(-c2ccc(C3CCNCC3O)nc2)cnc1N)c1cc(Cl)ccc1C(F)(F)F. The van der Waals surface area contributed by atoms with Crippen molar-refractivity contribution in [2.45, 2.75) is 37.6 Å². The Morgan fingerprint density at radius 3 is 2.59 bits per heavy atom. The zero-order valence-electron chi connectivity index (χ0n) is 18.3. The van der Waals surface area contributed by atoms with Crippen LogP contribution in [0, 0.1) is 0 Å². The van der Waals surface area contributed by atoms with Crippen LogP contribution in [-0.4, -0.2) is 34.3 Å². The van der Waals surface area contributed by atoms with Crippen molar-refractivity contribution in [3.8, 4) is 16.9 Å². The fourth-order valence-corrected chi connectivity index (χ4v) is 4.25. The van der Waals surface area contributed by atoms with Crippen LogP contribution >= 0.6 is 11.6 Å². The molecule has 1 fully saturated rings. The van der Waals surface area contributed by atoms with E-state index in [0.717, 1.165) is 30.3 Å². The minimum atomic E-state index is -4.56. The van der Waals surface area contributed by atoms with E-state index in [0.29, 0.717) is 12.1 Å². The van der Waals surface area contributed by atoms with Crippen LogP contribution in [0.5, 0.6) is 5.75 Å². The van der Waals surface area contributed by atoms with Gasteiger partial charge in [0.2, 0.25) is 0 Å². The molecule has 3 aromatic rings. The standard InChI is InChI=1S/C24H24ClF3N4O2/c1-13(18-9-16(25)3-4-19(18)24(26,27)28)34-22-8-15(11-32-23(22)29)14-2-5-20(31-10-14)17-6-7-30-12-21(17)33/h2-5,8-11,13,17,21,30,33H,6-7,12H2,1H3,(H2,29,32). The average Bonchev–Trinajstić information content (AvgIpc) is 2.80. The number of piperidine rings is 1. The summed E-state index contributed by atoms with van der Waals surface area (Å²) in [7, 11) is 0. The van der Waals surface area contributed by atoms with Crippen molar-refractivity contribution in [3.05, 3.63) is 70.6 Å². The number of nitrogen functional groups attached to an aromatic ring is 1. The molecule has 1 aliphatic rings. The predicted molar refractivity (Wildman–Crippen MR) is 124 cm³/mol. The van der Waals surface area contributed by atoms with Crippen molar-refractivity contribution >= 4 is 17.4 Å². The number of aliphatic hydroxyl groups is 1. The van der Waals surface area contributed by atoms with Gasteiger partial charge in [0.15, 0.2) is 11.6 Å². The van der Waals surface area contributed by atoms with Crippen molar-refractivity contribution in [1.29, 1.82) is 0 Å². The molecule has 0 spiro atoms. The molecule has 10 heteroatoms. The van der Waals surface area contributed by atoms with Crippen LogP contribution in [0.4, 0.5) is 19.0 Å². The highest BCUT2D eigenvalue weighted by molar-refractivity contribution is 6.30. The van der Waals surface area contributed by atoms with Gasteiger partial charge in [-0.1, -0.05) is 17.7 Å². The molecule has 3 atom stereocenters. The second-order valence-electron chi connectivity index (χ2n) is 8.24. The fraction of sp³-hybridized carbons (Fsp3) is 0.333. The number of nitrogens with zero attached hydrogens (tertiary/aromatic N) is 2. The summed E-state index contributed by atoms with van der Waals surface area (Å²) in [6.45, 7) is 2.83. The third-order valence-corrected chi connectivity index (χ3v) is 6.13. The molecule has 3 heterocycles. The zero-order chi connectivity index (χ0) is 24.5.